The Morgan fingerprint density at radius 3 is 2.28 bits per heavy atom. The van der Waals surface area contributed by atoms with E-state index < -0.39 is 0 Å². The molecule has 1 amide bonds. The Kier molecular flexibility index (Phi) is 3.84. The van der Waals surface area contributed by atoms with Crippen molar-refractivity contribution >= 4 is 21.8 Å². The molecule has 3 heteroatoms. The molecule has 1 saturated heterocycles. The minimum Gasteiger partial charge on any atom is -0.339 e. The fourth-order valence-electron chi connectivity index (χ4n) is 4.23. The van der Waals surface area contributed by atoms with Gasteiger partial charge in [-0.1, -0.05) is 43.6 Å². The number of likely N-dealkylation sites (tertiary alicyclic amines) is 1. The third kappa shape index (κ3) is 3.09. The number of alkyl halides is 1. The predicted molar refractivity (Wildman–Crippen MR) is 78.9 cm³/mol. The van der Waals surface area contributed by atoms with Crippen LogP contribution in [0.5, 0.6) is 0 Å². The molecule has 2 aliphatic rings. The van der Waals surface area contributed by atoms with Crippen molar-refractivity contribution in [1.29, 1.82) is 0 Å². The number of carbonyl (C=O) groups excluding carboxylic acids is 1. The molecule has 0 radical (unpaired) electrons. The van der Waals surface area contributed by atoms with Gasteiger partial charge in [-0.15, -0.1) is 0 Å². The van der Waals surface area contributed by atoms with Gasteiger partial charge in [-0.25, -0.2) is 0 Å². The van der Waals surface area contributed by atoms with Gasteiger partial charge < -0.3 is 4.90 Å². The molecular formula is C15H26BrNO. The van der Waals surface area contributed by atoms with Crippen molar-refractivity contribution in [1.82, 2.24) is 4.90 Å². The molecule has 1 heterocycles. The van der Waals surface area contributed by atoms with Gasteiger partial charge in [-0.05, 0) is 42.9 Å². The van der Waals surface area contributed by atoms with Gasteiger partial charge in [0, 0.05) is 12.6 Å². The van der Waals surface area contributed by atoms with Crippen molar-refractivity contribution in [3.8, 4) is 0 Å². The predicted octanol–water partition coefficient (Wildman–Crippen LogP) is 3.98. The molecule has 2 rings (SSSR count). The molecule has 104 valence electrons. The number of piperidine rings is 1. The van der Waals surface area contributed by atoms with Crippen LogP contribution in [0.25, 0.3) is 0 Å². The van der Waals surface area contributed by atoms with Crippen LogP contribution in [-0.4, -0.2) is 28.2 Å². The third-order valence-corrected chi connectivity index (χ3v) is 5.23. The fourth-order valence-corrected chi connectivity index (χ4v) is 4.81. The SMILES string of the molecule is CC1(C)CC(N2CCCC(Br)C2=O)CC(C)(C)C1. The number of halogens is 1. The Labute approximate surface area is 120 Å². The van der Waals surface area contributed by atoms with E-state index in [1.807, 2.05) is 0 Å². The number of carbonyl (C=O) groups is 1. The van der Waals surface area contributed by atoms with E-state index in [2.05, 4.69) is 48.5 Å². The van der Waals surface area contributed by atoms with E-state index in [0.29, 0.717) is 22.8 Å². The standard InChI is InChI=1S/C15H26BrNO/c1-14(2)8-11(9-15(3,4)10-14)17-7-5-6-12(16)13(17)18/h11-12H,5-10H2,1-4H3. The van der Waals surface area contributed by atoms with Crippen LogP contribution in [0.3, 0.4) is 0 Å². The van der Waals surface area contributed by atoms with Crippen molar-refractivity contribution in [3.05, 3.63) is 0 Å². The van der Waals surface area contributed by atoms with E-state index in [9.17, 15) is 4.79 Å². The van der Waals surface area contributed by atoms with Crippen LogP contribution in [0.2, 0.25) is 0 Å². The smallest absolute Gasteiger partial charge is 0.236 e. The molecule has 1 unspecified atom stereocenters. The van der Waals surface area contributed by atoms with Crippen molar-refractivity contribution in [2.45, 2.75) is 70.7 Å². The molecular weight excluding hydrogens is 290 g/mol. The summed E-state index contributed by atoms with van der Waals surface area (Å²) in [6.07, 6.45) is 5.70. The lowest BCUT2D eigenvalue weighted by Crippen LogP contribution is -2.52. The summed E-state index contributed by atoms with van der Waals surface area (Å²) in [6.45, 7) is 10.3. The van der Waals surface area contributed by atoms with E-state index in [-0.39, 0.29) is 4.83 Å². The molecule has 0 aromatic carbocycles. The zero-order valence-corrected chi connectivity index (χ0v) is 13.7. The monoisotopic (exact) mass is 315 g/mol. The van der Waals surface area contributed by atoms with Gasteiger partial charge in [0.25, 0.3) is 0 Å². The Morgan fingerprint density at radius 1 is 1.17 bits per heavy atom. The second-order valence-electron chi connectivity index (χ2n) is 7.71. The first-order valence-corrected chi connectivity index (χ1v) is 8.06. The summed E-state index contributed by atoms with van der Waals surface area (Å²) in [5.41, 5.74) is 0.706. The second kappa shape index (κ2) is 4.81. The zero-order valence-electron chi connectivity index (χ0n) is 12.1. The van der Waals surface area contributed by atoms with E-state index in [4.69, 9.17) is 0 Å². The lowest BCUT2D eigenvalue weighted by atomic mass is 9.63. The molecule has 18 heavy (non-hydrogen) atoms. The number of nitrogens with zero attached hydrogens (tertiary/aromatic N) is 1. The minimum absolute atomic E-state index is 0.0550. The molecule has 1 atom stereocenters. The summed E-state index contributed by atoms with van der Waals surface area (Å²) in [6, 6.07) is 0.441. The first-order valence-electron chi connectivity index (χ1n) is 7.15. The lowest BCUT2D eigenvalue weighted by Gasteiger charge is -2.49. The van der Waals surface area contributed by atoms with Crippen LogP contribution < -0.4 is 0 Å². The van der Waals surface area contributed by atoms with Crippen LogP contribution in [0.15, 0.2) is 0 Å². The molecule has 2 nitrogen and oxygen atoms in total. The van der Waals surface area contributed by atoms with Gasteiger partial charge in [-0.3, -0.25) is 4.79 Å². The van der Waals surface area contributed by atoms with Crippen LogP contribution in [0, 0.1) is 10.8 Å². The summed E-state index contributed by atoms with van der Waals surface area (Å²) in [7, 11) is 0. The van der Waals surface area contributed by atoms with E-state index in [1.165, 1.54) is 6.42 Å². The van der Waals surface area contributed by atoms with Crippen LogP contribution in [-0.2, 0) is 4.79 Å². The van der Waals surface area contributed by atoms with Gasteiger partial charge in [-0.2, -0.15) is 0 Å². The van der Waals surface area contributed by atoms with Crippen LogP contribution in [0.1, 0.15) is 59.8 Å². The van der Waals surface area contributed by atoms with Crippen LogP contribution >= 0.6 is 15.9 Å². The largest absolute Gasteiger partial charge is 0.339 e. The molecule has 1 aliphatic carbocycles. The zero-order chi connectivity index (χ0) is 13.6. The molecule has 0 aromatic rings. The summed E-state index contributed by atoms with van der Waals surface area (Å²) in [5.74, 6) is 0.319. The van der Waals surface area contributed by atoms with Gasteiger partial charge in [0.15, 0.2) is 0 Å². The third-order valence-electron chi connectivity index (χ3n) is 4.38. The molecule has 0 spiro atoms. The second-order valence-corrected chi connectivity index (χ2v) is 8.81. The molecule has 1 saturated carbocycles. The highest BCUT2D eigenvalue weighted by molar-refractivity contribution is 9.10. The average Bonchev–Trinajstić information content (AvgIpc) is 2.17. The maximum Gasteiger partial charge on any atom is 0.236 e. The summed E-state index contributed by atoms with van der Waals surface area (Å²) >= 11 is 3.53. The maximum absolute atomic E-state index is 12.3. The van der Waals surface area contributed by atoms with Crippen molar-refractivity contribution in [2.75, 3.05) is 6.54 Å². The topological polar surface area (TPSA) is 20.3 Å². The van der Waals surface area contributed by atoms with Crippen LogP contribution in [0.4, 0.5) is 0 Å². The number of amides is 1. The minimum atomic E-state index is 0.0550. The fraction of sp³-hybridized carbons (Fsp3) is 0.933. The Bertz CT molecular complexity index is 321. The van der Waals surface area contributed by atoms with E-state index >= 15 is 0 Å². The average molecular weight is 316 g/mol. The van der Waals surface area contributed by atoms with Gasteiger partial charge in [0.1, 0.15) is 0 Å². The Morgan fingerprint density at radius 2 is 1.72 bits per heavy atom. The first-order chi connectivity index (χ1) is 8.20. The summed E-state index contributed by atoms with van der Waals surface area (Å²) < 4.78 is 0. The summed E-state index contributed by atoms with van der Waals surface area (Å²) in [4.78, 5) is 14.5. The molecule has 0 N–H and O–H groups in total. The lowest BCUT2D eigenvalue weighted by molar-refractivity contribution is -0.137. The molecule has 1 aliphatic heterocycles. The first kappa shape index (κ1) is 14.4. The van der Waals surface area contributed by atoms with Crippen molar-refractivity contribution in [3.63, 3.8) is 0 Å². The molecule has 2 fully saturated rings. The van der Waals surface area contributed by atoms with E-state index in [1.54, 1.807) is 0 Å². The van der Waals surface area contributed by atoms with E-state index in [0.717, 1.165) is 32.2 Å². The quantitative estimate of drug-likeness (QED) is 0.670. The number of hydrogen-bond acceptors (Lipinski definition) is 1. The van der Waals surface area contributed by atoms with Gasteiger partial charge in [0.05, 0.1) is 4.83 Å². The van der Waals surface area contributed by atoms with Gasteiger partial charge in [0.2, 0.25) is 5.91 Å². The molecule has 0 bridgehead atoms. The molecule has 0 aromatic heterocycles. The van der Waals surface area contributed by atoms with Crippen molar-refractivity contribution < 1.29 is 4.79 Å². The van der Waals surface area contributed by atoms with Gasteiger partial charge >= 0.3 is 0 Å². The highest BCUT2D eigenvalue weighted by Crippen LogP contribution is 2.47. The highest BCUT2D eigenvalue weighted by Gasteiger charge is 2.43. The Hall–Kier alpha value is -0.0500. The number of hydrogen-bond donors (Lipinski definition) is 0. The summed E-state index contributed by atoms with van der Waals surface area (Å²) in [5, 5.41) is 0. The van der Waals surface area contributed by atoms with Crippen molar-refractivity contribution in [2.24, 2.45) is 10.8 Å². The normalized spacial score (nSPS) is 32.6. The Balaban J connectivity index is 2.14. The highest BCUT2D eigenvalue weighted by atomic mass is 79.9. The maximum atomic E-state index is 12.3. The number of rotatable bonds is 1.